The van der Waals surface area contributed by atoms with Crippen LogP contribution in [0.25, 0.3) is 0 Å². The van der Waals surface area contributed by atoms with Crippen molar-refractivity contribution in [3.8, 4) is 5.75 Å². The van der Waals surface area contributed by atoms with E-state index in [1.807, 2.05) is 21.2 Å². The first-order valence-electron chi connectivity index (χ1n) is 12.1. The molecule has 7 nitrogen and oxygen atoms in total. The Labute approximate surface area is 205 Å². The number of thiophene rings is 1. The van der Waals surface area contributed by atoms with Crippen molar-refractivity contribution in [2.24, 2.45) is 5.92 Å². The molecule has 2 atom stereocenters. The van der Waals surface area contributed by atoms with Gasteiger partial charge in [0.2, 0.25) is 5.91 Å². The van der Waals surface area contributed by atoms with Crippen LogP contribution in [0.15, 0.2) is 41.8 Å². The number of benzene rings is 1. The third-order valence-corrected chi connectivity index (χ3v) is 7.89. The van der Waals surface area contributed by atoms with Crippen molar-refractivity contribution in [2.45, 2.75) is 51.1 Å². The zero-order chi connectivity index (χ0) is 24.1. The van der Waals surface area contributed by atoms with Crippen molar-refractivity contribution in [2.75, 3.05) is 26.7 Å². The molecular weight excluding hydrogens is 450 g/mol. The van der Waals surface area contributed by atoms with E-state index >= 15 is 0 Å². The summed E-state index contributed by atoms with van der Waals surface area (Å²) in [5.41, 5.74) is 0.625. The molecule has 0 spiro atoms. The van der Waals surface area contributed by atoms with Crippen LogP contribution in [-0.2, 0) is 4.79 Å². The molecule has 1 aromatic heterocycles. The molecular formula is C26H33N3O4S. The van der Waals surface area contributed by atoms with Crippen molar-refractivity contribution >= 4 is 29.1 Å². The van der Waals surface area contributed by atoms with Crippen molar-refractivity contribution in [3.05, 3.63) is 52.2 Å². The van der Waals surface area contributed by atoms with E-state index in [-0.39, 0.29) is 29.7 Å². The molecule has 2 aromatic rings. The van der Waals surface area contributed by atoms with Gasteiger partial charge in [-0.2, -0.15) is 0 Å². The largest absolute Gasteiger partial charge is 0.497 e. The van der Waals surface area contributed by atoms with E-state index in [1.54, 1.807) is 37.4 Å². The zero-order valence-electron chi connectivity index (χ0n) is 19.9. The van der Waals surface area contributed by atoms with E-state index in [9.17, 15) is 14.4 Å². The van der Waals surface area contributed by atoms with E-state index in [2.05, 4.69) is 12.2 Å². The van der Waals surface area contributed by atoms with Crippen LogP contribution in [-0.4, -0.2) is 66.3 Å². The first-order chi connectivity index (χ1) is 16.5. The molecule has 2 saturated heterocycles. The molecule has 0 radical (unpaired) electrons. The number of amides is 3. The molecule has 2 unspecified atom stereocenters. The van der Waals surface area contributed by atoms with Crippen LogP contribution in [0.1, 0.15) is 59.1 Å². The summed E-state index contributed by atoms with van der Waals surface area (Å²) in [6.45, 7) is 3.94. The van der Waals surface area contributed by atoms with Crippen molar-refractivity contribution in [3.63, 3.8) is 0 Å². The van der Waals surface area contributed by atoms with E-state index in [0.29, 0.717) is 42.1 Å². The molecule has 0 aliphatic carbocycles. The van der Waals surface area contributed by atoms with E-state index in [0.717, 1.165) is 25.8 Å². The second-order valence-electron chi connectivity index (χ2n) is 9.16. The lowest BCUT2D eigenvalue weighted by atomic mass is 9.87. The smallest absolute Gasteiger partial charge is 0.262 e. The molecule has 2 aliphatic heterocycles. The van der Waals surface area contributed by atoms with Gasteiger partial charge in [0, 0.05) is 31.2 Å². The number of ether oxygens (including phenoxy) is 1. The number of likely N-dealkylation sites (tertiary alicyclic amines) is 2. The fourth-order valence-electron chi connectivity index (χ4n) is 4.96. The quantitative estimate of drug-likeness (QED) is 0.678. The van der Waals surface area contributed by atoms with Crippen molar-refractivity contribution < 1.29 is 19.1 Å². The lowest BCUT2D eigenvalue weighted by Gasteiger charge is -2.40. The highest BCUT2D eigenvalue weighted by molar-refractivity contribution is 7.12. The average molecular weight is 484 g/mol. The van der Waals surface area contributed by atoms with Crippen LogP contribution in [0.5, 0.6) is 5.75 Å². The Kier molecular flexibility index (Phi) is 7.88. The van der Waals surface area contributed by atoms with Gasteiger partial charge in [-0.3, -0.25) is 14.4 Å². The maximum Gasteiger partial charge on any atom is 0.262 e. The molecule has 0 bridgehead atoms. The van der Waals surface area contributed by atoms with Gasteiger partial charge < -0.3 is 19.9 Å². The predicted octanol–water partition coefficient (Wildman–Crippen LogP) is 3.81. The molecule has 4 rings (SSSR count). The average Bonchev–Trinajstić information content (AvgIpc) is 3.42. The molecule has 8 heteroatoms. The van der Waals surface area contributed by atoms with Crippen LogP contribution >= 0.6 is 11.3 Å². The Morgan fingerprint density at radius 2 is 1.76 bits per heavy atom. The third-order valence-electron chi connectivity index (χ3n) is 7.02. The standard InChI is InChI=1S/C26H33N3O4S/c1-18-6-3-4-14-29(18)26(32)23(27-24(30)22-7-5-17-34-22)19-12-15-28(16-13-19)25(31)20-8-10-21(33-2)11-9-20/h5,7-11,17-19,23H,3-4,6,12-16H2,1-2H3,(H,27,30). The molecule has 1 aromatic carbocycles. The third kappa shape index (κ3) is 5.43. The Morgan fingerprint density at radius 1 is 1.03 bits per heavy atom. The molecule has 3 heterocycles. The Hall–Kier alpha value is -2.87. The predicted molar refractivity (Wildman–Crippen MR) is 132 cm³/mol. The summed E-state index contributed by atoms with van der Waals surface area (Å²) in [6.07, 6.45) is 4.46. The van der Waals surface area contributed by atoms with Gasteiger partial charge in [-0.25, -0.2) is 0 Å². The Balaban J connectivity index is 1.45. The second-order valence-corrected chi connectivity index (χ2v) is 10.1. The lowest BCUT2D eigenvalue weighted by molar-refractivity contribution is -0.138. The maximum absolute atomic E-state index is 13.6. The number of hydrogen-bond donors (Lipinski definition) is 1. The van der Waals surface area contributed by atoms with Crippen LogP contribution in [0.3, 0.4) is 0 Å². The molecule has 34 heavy (non-hydrogen) atoms. The summed E-state index contributed by atoms with van der Waals surface area (Å²) in [5.74, 6) is 0.499. The minimum atomic E-state index is -0.576. The monoisotopic (exact) mass is 483 g/mol. The van der Waals surface area contributed by atoms with Gasteiger partial charge in [0.25, 0.3) is 11.8 Å². The van der Waals surface area contributed by atoms with Crippen LogP contribution in [0, 0.1) is 5.92 Å². The van der Waals surface area contributed by atoms with Gasteiger partial charge in [-0.05, 0) is 80.7 Å². The van der Waals surface area contributed by atoms with Gasteiger partial charge in [0.1, 0.15) is 11.8 Å². The maximum atomic E-state index is 13.6. The molecule has 2 fully saturated rings. The van der Waals surface area contributed by atoms with E-state index < -0.39 is 6.04 Å². The molecule has 1 N–H and O–H groups in total. The summed E-state index contributed by atoms with van der Waals surface area (Å²) >= 11 is 1.37. The van der Waals surface area contributed by atoms with Gasteiger partial charge in [-0.15, -0.1) is 11.3 Å². The fraction of sp³-hybridized carbons (Fsp3) is 0.500. The normalized spacial score (nSPS) is 20.0. The lowest BCUT2D eigenvalue weighted by Crippen LogP contribution is -2.57. The SMILES string of the molecule is COc1ccc(C(=O)N2CCC(C(NC(=O)c3cccs3)C(=O)N3CCCCC3C)CC2)cc1. The summed E-state index contributed by atoms with van der Waals surface area (Å²) in [7, 11) is 1.60. The van der Waals surface area contributed by atoms with Gasteiger partial charge in [0.15, 0.2) is 0 Å². The minimum absolute atomic E-state index is 0.00884. The number of methoxy groups -OCH3 is 1. The number of carbonyl (C=O) groups excluding carboxylic acids is 3. The topological polar surface area (TPSA) is 79.0 Å². The zero-order valence-corrected chi connectivity index (χ0v) is 20.7. The van der Waals surface area contributed by atoms with Crippen molar-refractivity contribution in [1.29, 1.82) is 0 Å². The molecule has 2 aliphatic rings. The summed E-state index contributed by atoms with van der Waals surface area (Å²) in [5, 5.41) is 4.92. The number of carbonyl (C=O) groups is 3. The number of nitrogens with zero attached hydrogens (tertiary/aromatic N) is 2. The number of piperidine rings is 2. The van der Waals surface area contributed by atoms with Gasteiger partial charge in [-0.1, -0.05) is 6.07 Å². The summed E-state index contributed by atoms with van der Waals surface area (Å²) in [4.78, 5) is 43.9. The van der Waals surface area contributed by atoms with Crippen LogP contribution in [0.2, 0.25) is 0 Å². The Bertz CT molecular complexity index is 984. The van der Waals surface area contributed by atoms with E-state index in [1.165, 1.54) is 11.3 Å². The van der Waals surface area contributed by atoms with Gasteiger partial charge >= 0.3 is 0 Å². The fourth-order valence-corrected chi connectivity index (χ4v) is 5.58. The first-order valence-corrected chi connectivity index (χ1v) is 12.9. The second kappa shape index (κ2) is 11.0. The van der Waals surface area contributed by atoms with Crippen LogP contribution < -0.4 is 10.1 Å². The summed E-state index contributed by atoms with van der Waals surface area (Å²) < 4.78 is 5.18. The highest BCUT2D eigenvalue weighted by atomic mass is 32.1. The highest BCUT2D eigenvalue weighted by Gasteiger charge is 2.38. The summed E-state index contributed by atoms with van der Waals surface area (Å²) in [6, 6.07) is 10.3. The van der Waals surface area contributed by atoms with Crippen LogP contribution in [0.4, 0.5) is 0 Å². The molecule has 3 amide bonds. The first kappa shape index (κ1) is 24.3. The molecule has 0 saturated carbocycles. The Morgan fingerprint density at radius 3 is 2.38 bits per heavy atom. The van der Waals surface area contributed by atoms with E-state index in [4.69, 9.17) is 4.74 Å². The van der Waals surface area contributed by atoms with Gasteiger partial charge in [0.05, 0.1) is 12.0 Å². The number of hydrogen-bond acceptors (Lipinski definition) is 5. The van der Waals surface area contributed by atoms with Crippen molar-refractivity contribution in [1.82, 2.24) is 15.1 Å². The molecule has 182 valence electrons. The minimum Gasteiger partial charge on any atom is -0.497 e. The highest BCUT2D eigenvalue weighted by Crippen LogP contribution is 2.27. The number of nitrogens with one attached hydrogen (secondary N) is 1. The number of rotatable bonds is 6.